The van der Waals surface area contributed by atoms with Crippen molar-refractivity contribution in [2.45, 2.75) is 13.5 Å². The normalized spacial score (nSPS) is 11.1. The van der Waals surface area contributed by atoms with E-state index in [1.165, 1.54) is 5.56 Å². The second-order valence-electron chi connectivity index (χ2n) is 4.66. The highest BCUT2D eigenvalue weighted by atomic mass is 35.5. The Hall–Kier alpha value is -2.00. The first-order valence-electron chi connectivity index (χ1n) is 6.07. The summed E-state index contributed by atoms with van der Waals surface area (Å²) >= 11 is 5.93. The van der Waals surface area contributed by atoms with Gasteiger partial charge in [0, 0.05) is 5.02 Å². The summed E-state index contributed by atoms with van der Waals surface area (Å²) in [6.07, 6.45) is 0. The molecule has 0 bridgehead atoms. The lowest BCUT2D eigenvalue weighted by Gasteiger charge is -2.04. The molecule has 0 saturated heterocycles. The van der Waals surface area contributed by atoms with Crippen LogP contribution in [0.4, 0.5) is 0 Å². The van der Waals surface area contributed by atoms with Gasteiger partial charge in [0.1, 0.15) is 0 Å². The second-order valence-corrected chi connectivity index (χ2v) is 5.10. The molecule has 3 nitrogen and oxygen atoms in total. The molecule has 0 spiro atoms. The lowest BCUT2D eigenvalue weighted by atomic mass is 10.1. The van der Waals surface area contributed by atoms with E-state index in [2.05, 4.69) is 4.98 Å². The molecular formula is C15H13ClN2O. The molecule has 3 rings (SSSR count). The standard InChI is InChI=1S/C15H13ClN2O/c1-10-2-4-11(5-3-10)9-18-14-7-6-12(16)8-13(14)17-15(18)19/h2-8H,9H2,1H3,(H,17,19). The quantitative estimate of drug-likeness (QED) is 0.763. The second kappa shape index (κ2) is 4.59. The predicted molar refractivity (Wildman–Crippen MR) is 77.8 cm³/mol. The van der Waals surface area contributed by atoms with Gasteiger partial charge in [0.25, 0.3) is 0 Å². The minimum atomic E-state index is -0.113. The Labute approximate surface area is 115 Å². The number of halogens is 1. The lowest BCUT2D eigenvalue weighted by molar-refractivity contribution is 0.786. The van der Waals surface area contributed by atoms with E-state index in [-0.39, 0.29) is 5.69 Å². The van der Waals surface area contributed by atoms with Gasteiger partial charge in [-0.05, 0) is 30.7 Å². The number of aromatic nitrogens is 2. The molecule has 0 unspecified atom stereocenters. The van der Waals surface area contributed by atoms with Crippen LogP contribution in [0.2, 0.25) is 5.02 Å². The van der Waals surface area contributed by atoms with Crippen LogP contribution in [0, 0.1) is 6.92 Å². The van der Waals surface area contributed by atoms with Gasteiger partial charge < -0.3 is 4.98 Å². The molecule has 96 valence electrons. The van der Waals surface area contributed by atoms with Gasteiger partial charge in [-0.15, -0.1) is 0 Å². The van der Waals surface area contributed by atoms with Gasteiger partial charge in [0.2, 0.25) is 0 Å². The molecule has 0 aliphatic carbocycles. The summed E-state index contributed by atoms with van der Waals surface area (Å²) in [5.74, 6) is 0. The zero-order valence-electron chi connectivity index (χ0n) is 10.5. The van der Waals surface area contributed by atoms with Crippen molar-refractivity contribution >= 4 is 22.6 Å². The van der Waals surface area contributed by atoms with Gasteiger partial charge in [0.05, 0.1) is 17.6 Å². The smallest absolute Gasteiger partial charge is 0.305 e. The fraction of sp³-hybridized carbons (Fsp3) is 0.133. The van der Waals surface area contributed by atoms with Crippen LogP contribution >= 0.6 is 11.6 Å². The minimum Gasteiger partial charge on any atom is -0.305 e. The summed E-state index contributed by atoms with van der Waals surface area (Å²) in [5.41, 5.74) is 3.84. The third-order valence-electron chi connectivity index (χ3n) is 3.20. The molecule has 0 aliphatic rings. The molecule has 1 N–H and O–H groups in total. The first-order valence-corrected chi connectivity index (χ1v) is 6.45. The van der Waals surface area contributed by atoms with Crippen LogP contribution < -0.4 is 5.69 Å². The van der Waals surface area contributed by atoms with Gasteiger partial charge >= 0.3 is 5.69 Å². The molecule has 3 aromatic rings. The van der Waals surface area contributed by atoms with Crippen molar-refractivity contribution in [2.75, 3.05) is 0 Å². The van der Waals surface area contributed by atoms with E-state index in [1.807, 2.05) is 37.3 Å². The Morgan fingerprint density at radius 3 is 2.63 bits per heavy atom. The highest BCUT2D eigenvalue weighted by Gasteiger charge is 2.07. The molecule has 19 heavy (non-hydrogen) atoms. The maximum atomic E-state index is 12.0. The number of benzene rings is 2. The van der Waals surface area contributed by atoms with Crippen LogP contribution in [0.1, 0.15) is 11.1 Å². The van der Waals surface area contributed by atoms with E-state index >= 15 is 0 Å². The van der Waals surface area contributed by atoms with Crippen molar-refractivity contribution in [1.82, 2.24) is 9.55 Å². The summed E-state index contributed by atoms with van der Waals surface area (Å²) in [5, 5.41) is 0.622. The molecule has 0 atom stereocenters. The largest absolute Gasteiger partial charge is 0.326 e. The maximum absolute atomic E-state index is 12.0. The van der Waals surface area contributed by atoms with Crippen molar-refractivity contribution < 1.29 is 0 Å². The number of rotatable bonds is 2. The number of H-pyrrole nitrogens is 1. The zero-order valence-corrected chi connectivity index (χ0v) is 11.2. The summed E-state index contributed by atoms with van der Waals surface area (Å²) in [7, 11) is 0. The topological polar surface area (TPSA) is 37.8 Å². The predicted octanol–water partition coefficient (Wildman–Crippen LogP) is 3.34. The Kier molecular flexibility index (Phi) is 2.91. The van der Waals surface area contributed by atoms with Gasteiger partial charge in [-0.3, -0.25) is 4.57 Å². The Morgan fingerprint density at radius 1 is 1.16 bits per heavy atom. The number of hydrogen-bond donors (Lipinski definition) is 1. The van der Waals surface area contributed by atoms with Crippen LogP contribution in [-0.4, -0.2) is 9.55 Å². The number of nitrogens with zero attached hydrogens (tertiary/aromatic N) is 1. The Balaban J connectivity index is 2.07. The van der Waals surface area contributed by atoms with Crippen molar-refractivity contribution in [2.24, 2.45) is 0 Å². The fourth-order valence-electron chi connectivity index (χ4n) is 2.17. The molecule has 1 heterocycles. The molecule has 2 aromatic carbocycles. The van der Waals surface area contributed by atoms with E-state index in [0.29, 0.717) is 11.6 Å². The van der Waals surface area contributed by atoms with Crippen molar-refractivity contribution in [1.29, 1.82) is 0 Å². The van der Waals surface area contributed by atoms with E-state index < -0.39 is 0 Å². The molecule has 4 heteroatoms. The summed E-state index contributed by atoms with van der Waals surface area (Å²) in [6, 6.07) is 13.6. The maximum Gasteiger partial charge on any atom is 0.326 e. The van der Waals surface area contributed by atoms with Crippen LogP contribution in [0.5, 0.6) is 0 Å². The highest BCUT2D eigenvalue weighted by Crippen LogP contribution is 2.17. The molecule has 0 saturated carbocycles. The molecule has 0 amide bonds. The van der Waals surface area contributed by atoms with Crippen LogP contribution in [0.3, 0.4) is 0 Å². The van der Waals surface area contributed by atoms with Gasteiger partial charge in [-0.2, -0.15) is 0 Å². The van der Waals surface area contributed by atoms with Crippen molar-refractivity contribution in [3.05, 3.63) is 69.1 Å². The third kappa shape index (κ3) is 2.29. The number of nitrogens with one attached hydrogen (secondary N) is 1. The number of aromatic amines is 1. The number of imidazole rings is 1. The molecule has 0 fully saturated rings. The fourth-order valence-corrected chi connectivity index (χ4v) is 2.34. The number of aryl methyl sites for hydroxylation is 1. The van der Waals surface area contributed by atoms with E-state index in [9.17, 15) is 4.79 Å². The summed E-state index contributed by atoms with van der Waals surface area (Å²) in [6.45, 7) is 2.60. The van der Waals surface area contributed by atoms with Gasteiger partial charge in [-0.25, -0.2) is 4.79 Å². The Bertz CT molecular complexity index is 784. The van der Waals surface area contributed by atoms with E-state index in [4.69, 9.17) is 11.6 Å². The van der Waals surface area contributed by atoms with Crippen LogP contribution in [0.25, 0.3) is 11.0 Å². The van der Waals surface area contributed by atoms with Crippen LogP contribution in [0.15, 0.2) is 47.3 Å². The van der Waals surface area contributed by atoms with E-state index in [1.54, 1.807) is 16.7 Å². The molecule has 0 aliphatic heterocycles. The monoisotopic (exact) mass is 272 g/mol. The van der Waals surface area contributed by atoms with Crippen molar-refractivity contribution in [3.63, 3.8) is 0 Å². The van der Waals surface area contributed by atoms with Gasteiger partial charge in [-0.1, -0.05) is 41.4 Å². The molecular weight excluding hydrogens is 260 g/mol. The average molecular weight is 273 g/mol. The zero-order chi connectivity index (χ0) is 13.4. The first kappa shape index (κ1) is 12.1. The molecule has 0 radical (unpaired) electrons. The first-order chi connectivity index (χ1) is 9.13. The van der Waals surface area contributed by atoms with E-state index in [0.717, 1.165) is 16.6 Å². The minimum absolute atomic E-state index is 0.113. The number of hydrogen-bond acceptors (Lipinski definition) is 1. The SMILES string of the molecule is Cc1ccc(Cn2c(=O)[nH]c3cc(Cl)ccc32)cc1. The Morgan fingerprint density at radius 2 is 1.89 bits per heavy atom. The number of fused-ring (bicyclic) bond motifs is 1. The van der Waals surface area contributed by atoms with Crippen molar-refractivity contribution in [3.8, 4) is 0 Å². The van der Waals surface area contributed by atoms with Crippen LogP contribution in [-0.2, 0) is 6.54 Å². The summed E-state index contributed by atoms with van der Waals surface area (Å²) < 4.78 is 1.72. The molecule has 1 aromatic heterocycles. The highest BCUT2D eigenvalue weighted by molar-refractivity contribution is 6.31. The third-order valence-corrected chi connectivity index (χ3v) is 3.43. The lowest BCUT2D eigenvalue weighted by Crippen LogP contribution is -2.17. The van der Waals surface area contributed by atoms with Gasteiger partial charge in [0.15, 0.2) is 0 Å². The summed E-state index contributed by atoms with van der Waals surface area (Å²) in [4.78, 5) is 14.8. The average Bonchev–Trinajstić information content (AvgIpc) is 2.68.